The molecule has 1 aromatic rings. The van der Waals surface area contributed by atoms with Crippen LogP contribution in [0.25, 0.3) is 0 Å². The van der Waals surface area contributed by atoms with E-state index >= 15 is 0 Å². The topological polar surface area (TPSA) is 42.1 Å². The summed E-state index contributed by atoms with van der Waals surface area (Å²) >= 11 is 0. The number of aromatic nitrogens is 1. The average Bonchev–Trinajstić information content (AvgIpc) is 3.01. The summed E-state index contributed by atoms with van der Waals surface area (Å²) in [6, 6.07) is 5.10. The number of pyridine rings is 1. The van der Waals surface area contributed by atoms with Gasteiger partial charge in [-0.05, 0) is 43.7 Å². The molecule has 0 spiro atoms. The molecule has 0 radical (unpaired) electrons. The number of nitrogens with two attached hydrogens (primary N) is 1. The third-order valence-corrected chi connectivity index (χ3v) is 4.63. The molecule has 1 heterocycles. The predicted octanol–water partition coefficient (Wildman–Crippen LogP) is 4.29. The fourth-order valence-electron chi connectivity index (χ4n) is 3.13. The van der Waals surface area contributed by atoms with Gasteiger partial charge in [0.05, 0.1) is 17.6 Å². The molecule has 1 aliphatic carbocycles. The van der Waals surface area contributed by atoms with Gasteiger partial charge in [0, 0.05) is 18.6 Å². The van der Waals surface area contributed by atoms with Crippen molar-refractivity contribution in [3.63, 3.8) is 0 Å². The van der Waals surface area contributed by atoms with Crippen LogP contribution in [-0.4, -0.2) is 17.6 Å². The maximum atomic E-state index is 6.06. The molecule has 21 heavy (non-hydrogen) atoms. The quantitative estimate of drug-likeness (QED) is 0.814. The van der Waals surface area contributed by atoms with Gasteiger partial charge in [0.1, 0.15) is 0 Å². The highest BCUT2D eigenvalue weighted by Gasteiger charge is 2.23. The standard InChI is InChI=1S/C18H31N3/c1-4-17(19)18-10-9-16(13-20-18)21(12-11-14(2)3)15-7-5-6-8-15/h9-10,13-15,17H,4-8,11-12,19H2,1-3H3/t17-/m0/s1. The molecule has 0 amide bonds. The number of rotatable bonds is 7. The summed E-state index contributed by atoms with van der Waals surface area (Å²) < 4.78 is 0. The van der Waals surface area contributed by atoms with Crippen LogP contribution in [0.15, 0.2) is 18.3 Å². The van der Waals surface area contributed by atoms with Crippen molar-refractivity contribution in [3.8, 4) is 0 Å². The lowest BCUT2D eigenvalue weighted by Gasteiger charge is -2.32. The summed E-state index contributed by atoms with van der Waals surface area (Å²) in [7, 11) is 0. The van der Waals surface area contributed by atoms with Crippen LogP contribution >= 0.6 is 0 Å². The monoisotopic (exact) mass is 289 g/mol. The lowest BCUT2D eigenvalue weighted by Crippen LogP contribution is -2.34. The van der Waals surface area contributed by atoms with Gasteiger partial charge in [-0.25, -0.2) is 0 Å². The van der Waals surface area contributed by atoms with Crippen molar-refractivity contribution in [2.24, 2.45) is 11.7 Å². The van der Waals surface area contributed by atoms with Crippen LogP contribution in [0, 0.1) is 5.92 Å². The molecular formula is C18H31N3. The molecule has 1 aliphatic rings. The maximum Gasteiger partial charge on any atom is 0.0572 e. The van der Waals surface area contributed by atoms with E-state index in [9.17, 15) is 0 Å². The Morgan fingerprint density at radius 1 is 1.29 bits per heavy atom. The van der Waals surface area contributed by atoms with Gasteiger partial charge in [-0.3, -0.25) is 4.98 Å². The molecule has 0 bridgehead atoms. The molecule has 2 N–H and O–H groups in total. The van der Waals surface area contributed by atoms with Gasteiger partial charge in [0.2, 0.25) is 0 Å². The van der Waals surface area contributed by atoms with Crippen molar-refractivity contribution in [2.75, 3.05) is 11.4 Å². The molecule has 0 unspecified atom stereocenters. The first kappa shape index (κ1) is 16.3. The minimum absolute atomic E-state index is 0.0645. The molecule has 1 aromatic heterocycles. The molecule has 1 saturated carbocycles. The number of hydrogen-bond acceptors (Lipinski definition) is 3. The number of hydrogen-bond donors (Lipinski definition) is 1. The first-order chi connectivity index (χ1) is 10.1. The first-order valence-electron chi connectivity index (χ1n) is 8.60. The zero-order valence-electron chi connectivity index (χ0n) is 13.9. The summed E-state index contributed by atoms with van der Waals surface area (Å²) in [5.41, 5.74) is 8.35. The molecule has 1 atom stereocenters. The minimum Gasteiger partial charge on any atom is -0.367 e. The molecular weight excluding hydrogens is 258 g/mol. The van der Waals surface area contributed by atoms with Gasteiger partial charge in [-0.1, -0.05) is 33.6 Å². The Kier molecular flexibility index (Phi) is 6.04. The zero-order valence-corrected chi connectivity index (χ0v) is 13.9. The maximum absolute atomic E-state index is 6.06. The summed E-state index contributed by atoms with van der Waals surface area (Å²) in [6.45, 7) is 7.85. The van der Waals surface area contributed by atoms with Gasteiger partial charge >= 0.3 is 0 Å². The van der Waals surface area contributed by atoms with Gasteiger partial charge < -0.3 is 10.6 Å². The van der Waals surface area contributed by atoms with Crippen molar-refractivity contribution >= 4 is 5.69 Å². The Bertz CT molecular complexity index is 407. The highest BCUT2D eigenvalue weighted by Crippen LogP contribution is 2.29. The van der Waals surface area contributed by atoms with Crippen LogP contribution in [0.1, 0.15) is 71.0 Å². The fraction of sp³-hybridized carbons (Fsp3) is 0.722. The fourth-order valence-corrected chi connectivity index (χ4v) is 3.13. The lowest BCUT2D eigenvalue weighted by atomic mass is 10.1. The van der Waals surface area contributed by atoms with E-state index < -0.39 is 0 Å². The Morgan fingerprint density at radius 2 is 2.00 bits per heavy atom. The van der Waals surface area contributed by atoms with Gasteiger partial charge in [0.15, 0.2) is 0 Å². The third-order valence-electron chi connectivity index (χ3n) is 4.63. The molecule has 0 aromatic carbocycles. The average molecular weight is 289 g/mol. The smallest absolute Gasteiger partial charge is 0.0572 e. The van der Waals surface area contributed by atoms with Crippen molar-refractivity contribution in [2.45, 2.75) is 71.4 Å². The van der Waals surface area contributed by atoms with E-state index in [4.69, 9.17) is 5.73 Å². The second kappa shape index (κ2) is 7.79. The van der Waals surface area contributed by atoms with E-state index in [2.05, 4.69) is 42.8 Å². The van der Waals surface area contributed by atoms with E-state index in [1.807, 2.05) is 6.20 Å². The second-order valence-corrected chi connectivity index (χ2v) is 6.77. The molecule has 0 saturated heterocycles. The van der Waals surface area contributed by atoms with Gasteiger partial charge in [0.25, 0.3) is 0 Å². The Labute approximate surface area is 129 Å². The van der Waals surface area contributed by atoms with Crippen molar-refractivity contribution < 1.29 is 0 Å². The van der Waals surface area contributed by atoms with E-state index in [1.54, 1.807) is 0 Å². The third kappa shape index (κ3) is 4.44. The van der Waals surface area contributed by atoms with E-state index in [1.165, 1.54) is 37.8 Å². The Balaban J connectivity index is 2.11. The zero-order chi connectivity index (χ0) is 15.2. The van der Waals surface area contributed by atoms with E-state index in [0.29, 0.717) is 6.04 Å². The van der Waals surface area contributed by atoms with Crippen molar-refractivity contribution in [1.82, 2.24) is 4.98 Å². The lowest BCUT2D eigenvalue weighted by molar-refractivity contribution is 0.528. The normalized spacial score (nSPS) is 17.4. The molecule has 2 rings (SSSR count). The van der Waals surface area contributed by atoms with Crippen LogP contribution in [0.4, 0.5) is 5.69 Å². The minimum atomic E-state index is 0.0645. The molecule has 1 fully saturated rings. The highest BCUT2D eigenvalue weighted by molar-refractivity contribution is 5.46. The summed E-state index contributed by atoms with van der Waals surface area (Å²) in [4.78, 5) is 7.19. The van der Waals surface area contributed by atoms with Crippen LogP contribution < -0.4 is 10.6 Å². The van der Waals surface area contributed by atoms with Crippen LogP contribution in [-0.2, 0) is 0 Å². The highest BCUT2D eigenvalue weighted by atomic mass is 15.2. The van der Waals surface area contributed by atoms with Crippen LogP contribution in [0.2, 0.25) is 0 Å². The van der Waals surface area contributed by atoms with Crippen LogP contribution in [0.3, 0.4) is 0 Å². The molecule has 3 heteroatoms. The number of anilines is 1. The SMILES string of the molecule is CC[C@H](N)c1ccc(N(CCC(C)C)C2CCCC2)cn1. The molecule has 0 aliphatic heterocycles. The van der Waals surface area contributed by atoms with Crippen molar-refractivity contribution in [1.29, 1.82) is 0 Å². The second-order valence-electron chi connectivity index (χ2n) is 6.77. The van der Waals surface area contributed by atoms with Crippen molar-refractivity contribution in [3.05, 3.63) is 24.0 Å². The molecule has 3 nitrogen and oxygen atoms in total. The summed E-state index contributed by atoms with van der Waals surface area (Å²) in [5, 5.41) is 0. The first-order valence-corrected chi connectivity index (χ1v) is 8.60. The van der Waals surface area contributed by atoms with Crippen LogP contribution in [0.5, 0.6) is 0 Å². The summed E-state index contributed by atoms with van der Waals surface area (Å²) in [6.07, 6.45) is 9.61. The largest absolute Gasteiger partial charge is 0.367 e. The predicted molar refractivity (Wildman–Crippen MR) is 90.5 cm³/mol. The number of nitrogens with zero attached hydrogens (tertiary/aromatic N) is 2. The Hall–Kier alpha value is -1.09. The van der Waals surface area contributed by atoms with E-state index in [-0.39, 0.29) is 6.04 Å². The summed E-state index contributed by atoms with van der Waals surface area (Å²) in [5.74, 6) is 0.745. The Morgan fingerprint density at radius 3 is 2.52 bits per heavy atom. The van der Waals surface area contributed by atoms with E-state index in [0.717, 1.165) is 24.6 Å². The molecule has 118 valence electrons. The van der Waals surface area contributed by atoms with Gasteiger partial charge in [-0.15, -0.1) is 0 Å². The van der Waals surface area contributed by atoms with Gasteiger partial charge in [-0.2, -0.15) is 0 Å².